The Balaban J connectivity index is 2.37. The summed E-state index contributed by atoms with van der Waals surface area (Å²) < 4.78 is 13.3. The van der Waals surface area contributed by atoms with Crippen LogP contribution in [0.3, 0.4) is 0 Å². The fourth-order valence-corrected chi connectivity index (χ4v) is 2.05. The van der Waals surface area contributed by atoms with Gasteiger partial charge in [-0.25, -0.2) is 14.4 Å². The summed E-state index contributed by atoms with van der Waals surface area (Å²) in [6.07, 6.45) is 2.20. The van der Waals surface area contributed by atoms with Crippen LogP contribution in [0.5, 0.6) is 0 Å². The van der Waals surface area contributed by atoms with Gasteiger partial charge in [0.2, 0.25) is 0 Å². The molecular formula is C13H14ClFN4. The normalized spacial score (nSPS) is 10.3. The lowest BCUT2D eigenvalue weighted by Crippen LogP contribution is -2.05. The predicted octanol–water partition coefficient (Wildman–Crippen LogP) is 3.62. The summed E-state index contributed by atoms with van der Waals surface area (Å²) in [4.78, 5) is 8.33. The van der Waals surface area contributed by atoms with Crippen molar-refractivity contribution in [2.24, 2.45) is 0 Å². The molecule has 0 saturated carbocycles. The fraction of sp³-hybridized carbons (Fsp3) is 0.231. The van der Waals surface area contributed by atoms with E-state index in [1.807, 2.05) is 6.92 Å². The Hall–Kier alpha value is -1.88. The highest BCUT2D eigenvalue weighted by atomic mass is 35.5. The summed E-state index contributed by atoms with van der Waals surface area (Å²) in [6.45, 7) is 2.00. The Kier molecular flexibility index (Phi) is 4.16. The molecule has 1 heterocycles. The zero-order chi connectivity index (χ0) is 13.8. The Morgan fingerprint density at radius 1 is 1.21 bits per heavy atom. The zero-order valence-electron chi connectivity index (χ0n) is 10.7. The molecular weight excluding hydrogens is 267 g/mol. The first-order valence-corrected chi connectivity index (χ1v) is 6.26. The maximum atomic E-state index is 13.3. The van der Waals surface area contributed by atoms with Crippen molar-refractivity contribution in [2.45, 2.75) is 13.3 Å². The van der Waals surface area contributed by atoms with Crippen LogP contribution in [0.2, 0.25) is 5.02 Å². The summed E-state index contributed by atoms with van der Waals surface area (Å²) in [5.74, 6) is 1.00. The Labute approximate surface area is 116 Å². The van der Waals surface area contributed by atoms with Gasteiger partial charge in [-0.3, -0.25) is 0 Å². The molecule has 0 aliphatic heterocycles. The molecule has 4 nitrogen and oxygen atoms in total. The van der Waals surface area contributed by atoms with Crippen molar-refractivity contribution in [1.29, 1.82) is 0 Å². The van der Waals surface area contributed by atoms with Gasteiger partial charge in [-0.15, -0.1) is 0 Å². The van der Waals surface area contributed by atoms with Gasteiger partial charge in [0, 0.05) is 23.3 Å². The Bertz CT molecular complexity index is 569. The van der Waals surface area contributed by atoms with E-state index in [-0.39, 0.29) is 0 Å². The molecule has 0 aliphatic rings. The number of aromatic nitrogens is 2. The molecule has 6 heteroatoms. The predicted molar refractivity (Wildman–Crippen MR) is 75.6 cm³/mol. The zero-order valence-corrected chi connectivity index (χ0v) is 11.4. The van der Waals surface area contributed by atoms with Gasteiger partial charge in [0.1, 0.15) is 23.8 Å². The third-order valence-electron chi connectivity index (χ3n) is 2.66. The SMILES string of the molecule is CCc1c(NC)ncnc1Nc1cc(F)cc(Cl)c1. The van der Waals surface area contributed by atoms with Crippen molar-refractivity contribution in [2.75, 3.05) is 17.7 Å². The van der Waals surface area contributed by atoms with Gasteiger partial charge in [0.15, 0.2) is 0 Å². The topological polar surface area (TPSA) is 49.8 Å². The van der Waals surface area contributed by atoms with Gasteiger partial charge < -0.3 is 10.6 Å². The molecule has 0 bridgehead atoms. The van der Waals surface area contributed by atoms with Crippen LogP contribution >= 0.6 is 11.6 Å². The monoisotopic (exact) mass is 280 g/mol. The molecule has 2 rings (SSSR count). The summed E-state index contributed by atoms with van der Waals surface area (Å²) in [7, 11) is 1.80. The van der Waals surface area contributed by atoms with E-state index in [9.17, 15) is 4.39 Å². The fourth-order valence-electron chi connectivity index (χ4n) is 1.83. The number of nitrogens with one attached hydrogen (secondary N) is 2. The highest BCUT2D eigenvalue weighted by molar-refractivity contribution is 6.30. The summed E-state index contributed by atoms with van der Waals surface area (Å²) in [5, 5.41) is 6.40. The molecule has 0 atom stereocenters. The van der Waals surface area contributed by atoms with Gasteiger partial charge in [-0.1, -0.05) is 18.5 Å². The molecule has 2 N–H and O–H groups in total. The molecule has 100 valence electrons. The van der Waals surface area contributed by atoms with Crippen LogP contribution < -0.4 is 10.6 Å². The van der Waals surface area contributed by atoms with E-state index in [2.05, 4.69) is 20.6 Å². The minimum Gasteiger partial charge on any atom is -0.373 e. The van der Waals surface area contributed by atoms with Crippen LogP contribution in [-0.4, -0.2) is 17.0 Å². The maximum absolute atomic E-state index is 13.3. The molecule has 0 spiro atoms. The molecule has 0 unspecified atom stereocenters. The quantitative estimate of drug-likeness (QED) is 0.898. The van der Waals surface area contributed by atoms with E-state index in [0.717, 1.165) is 17.8 Å². The third kappa shape index (κ3) is 3.12. The highest BCUT2D eigenvalue weighted by Crippen LogP contribution is 2.25. The largest absolute Gasteiger partial charge is 0.373 e. The van der Waals surface area contributed by atoms with Crippen LogP contribution in [0.1, 0.15) is 12.5 Å². The first-order chi connectivity index (χ1) is 9.13. The van der Waals surface area contributed by atoms with Crippen LogP contribution in [0.15, 0.2) is 24.5 Å². The van der Waals surface area contributed by atoms with E-state index in [4.69, 9.17) is 11.6 Å². The van der Waals surface area contributed by atoms with Crippen LogP contribution in [-0.2, 0) is 6.42 Å². The number of nitrogens with zero attached hydrogens (tertiary/aromatic N) is 2. The molecule has 0 amide bonds. The number of anilines is 3. The van der Waals surface area contributed by atoms with Gasteiger partial charge in [-0.2, -0.15) is 0 Å². The van der Waals surface area contributed by atoms with Crippen molar-refractivity contribution < 1.29 is 4.39 Å². The lowest BCUT2D eigenvalue weighted by Gasteiger charge is -2.13. The maximum Gasteiger partial charge on any atom is 0.139 e. The van der Waals surface area contributed by atoms with E-state index >= 15 is 0 Å². The minimum absolute atomic E-state index is 0.337. The number of halogens is 2. The average Bonchev–Trinajstić information content (AvgIpc) is 2.37. The molecule has 19 heavy (non-hydrogen) atoms. The molecule has 2 aromatic rings. The Morgan fingerprint density at radius 3 is 2.58 bits per heavy atom. The first-order valence-electron chi connectivity index (χ1n) is 5.88. The van der Waals surface area contributed by atoms with Gasteiger partial charge in [0.05, 0.1) is 0 Å². The lowest BCUT2D eigenvalue weighted by molar-refractivity contribution is 0.628. The summed E-state index contributed by atoms with van der Waals surface area (Å²) in [5.41, 5.74) is 1.49. The second-order valence-corrected chi connectivity index (χ2v) is 4.37. The molecule has 1 aromatic carbocycles. The number of hydrogen-bond acceptors (Lipinski definition) is 4. The van der Waals surface area contributed by atoms with E-state index in [1.165, 1.54) is 18.5 Å². The Morgan fingerprint density at radius 2 is 1.95 bits per heavy atom. The van der Waals surface area contributed by atoms with Gasteiger partial charge >= 0.3 is 0 Å². The van der Waals surface area contributed by atoms with Crippen LogP contribution in [0.25, 0.3) is 0 Å². The van der Waals surface area contributed by atoms with Crippen LogP contribution in [0, 0.1) is 5.82 Å². The second-order valence-electron chi connectivity index (χ2n) is 3.94. The molecule has 1 aromatic heterocycles. The number of hydrogen-bond donors (Lipinski definition) is 2. The summed E-state index contributed by atoms with van der Waals surface area (Å²) >= 11 is 5.82. The lowest BCUT2D eigenvalue weighted by atomic mass is 10.2. The number of benzene rings is 1. The first kappa shape index (κ1) is 13.5. The van der Waals surface area contributed by atoms with Crippen LogP contribution in [0.4, 0.5) is 21.7 Å². The van der Waals surface area contributed by atoms with Crippen molar-refractivity contribution in [1.82, 2.24) is 9.97 Å². The highest BCUT2D eigenvalue weighted by Gasteiger charge is 2.09. The smallest absolute Gasteiger partial charge is 0.139 e. The summed E-state index contributed by atoms with van der Waals surface area (Å²) in [6, 6.07) is 4.27. The molecule has 0 saturated heterocycles. The van der Waals surface area contributed by atoms with Gasteiger partial charge in [0.25, 0.3) is 0 Å². The molecule has 0 radical (unpaired) electrons. The van der Waals surface area contributed by atoms with E-state index < -0.39 is 5.82 Å². The average molecular weight is 281 g/mol. The standard InChI is InChI=1S/C13H14ClFN4/c1-3-11-12(16-2)17-7-18-13(11)19-10-5-8(14)4-9(15)6-10/h4-7H,3H2,1-2H3,(H2,16,17,18,19). The van der Waals surface area contributed by atoms with Crippen molar-refractivity contribution in [3.05, 3.63) is 40.9 Å². The van der Waals surface area contributed by atoms with E-state index in [1.54, 1.807) is 13.1 Å². The van der Waals surface area contributed by atoms with Crippen molar-refractivity contribution in [3.8, 4) is 0 Å². The molecule has 0 fully saturated rings. The minimum atomic E-state index is -0.393. The van der Waals surface area contributed by atoms with Crippen molar-refractivity contribution >= 4 is 28.9 Å². The number of rotatable bonds is 4. The van der Waals surface area contributed by atoms with Gasteiger partial charge in [-0.05, 0) is 24.6 Å². The van der Waals surface area contributed by atoms with Crippen molar-refractivity contribution in [3.63, 3.8) is 0 Å². The second kappa shape index (κ2) is 5.84. The molecule has 0 aliphatic carbocycles. The third-order valence-corrected chi connectivity index (χ3v) is 2.88. The van der Waals surface area contributed by atoms with E-state index in [0.29, 0.717) is 16.5 Å².